The van der Waals surface area contributed by atoms with Crippen molar-refractivity contribution < 1.29 is 9.18 Å². The monoisotopic (exact) mass is 354 g/mol. The van der Waals surface area contributed by atoms with E-state index in [2.05, 4.69) is 14.8 Å². The van der Waals surface area contributed by atoms with E-state index >= 15 is 0 Å². The Bertz CT molecular complexity index is 761. The Hall–Kier alpha value is -2.47. The molecule has 2 fully saturated rings. The van der Waals surface area contributed by atoms with E-state index in [1.54, 1.807) is 11.0 Å². The van der Waals surface area contributed by atoms with Crippen molar-refractivity contribution in [1.29, 1.82) is 0 Å². The van der Waals surface area contributed by atoms with Crippen molar-refractivity contribution in [2.75, 3.05) is 42.5 Å². The fourth-order valence-electron chi connectivity index (χ4n) is 3.90. The molecule has 1 unspecified atom stereocenters. The molecule has 0 saturated carbocycles. The zero-order valence-electron chi connectivity index (χ0n) is 14.7. The van der Waals surface area contributed by atoms with Crippen LogP contribution in [-0.4, -0.2) is 54.6 Å². The average molecular weight is 354 g/mol. The molecular formula is C20H23FN4O. The summed E-state index contributed by atoms with van der Waals surface area (Å²) in [6, 6.07) is 12.1. The van der Waals surface area contributed by atoms with Gasteiger partial charge >= 0.3 is 0 Å². The highest BCUT2D eigenvalue weighted by atomic mass is 19.1. The van der Waals surface area contributed by atoms with Crippen LogP contribution in [0.25, 0.3) is 0 Å². The summed E-state index contributed by atoms with van der Waals surface area (Å²) in [4.78, 5) is 23.7. The summed E-state index contributed by atoms with van der Waals surface area (Å²) in [7, 11) is 0. The number of aromatic nitrogens is 1. The summed E-state index contributed by atoms with van der Waals surface area (Å²) in [6.07, 6.45) is 3.62. The summed E-state index contributed by atoms with van der Waals surface area (Å²) < 4.78 is 13.5. The number of piperidine rings is 1. The van der Waals surface area contributed by atoms with E-state index in [0.29, 0.717) is 12.2 Å². The minimum absolute atomic E-state index is 0.0909. The third kappa shape index (κ3) is 3.42. The number of carbonyl (C=O) groups excluding carboxylic acids is 1. The number of piperazine rings is 1. The number of carbonyl (C=O) groups is 1. The molecule has 0 bridgehead atoms. The van der Waals surface area contributed by atoms with E-state index in [4.69, 9.17) is 0 Å². The lowest BCUT2D eigenvalue weighted by atomic mass is 10.0. The second kappa shape index (κ2) is 7.41. The molecule has 2 saturated heterocycles. The fraction of sp³-hybridized carbons (Fsp3) is 0.400. The van der Waals surface area contributed by atoms with Gasteiger partial charge in [-0.05, 0) is 43.2 Å². The summed E-state index contributed by atoms with van der Waals surface area (Å²) in [5.41, 5.74) is 0.659. The third-order valence-electron chi connectivity index (χ3n) is 5.26. The Morgan fingerprint density at radius 1 is 1.00 bits per heavy atom. The van der Waals surface area contributed by atoms with Crippen molar-refractivity contribution in [3.63, 3.8) is 0 Å². The van der Waals surface area contributed by atoms with Crippen LogP contribution in [-0.2, 0) is 4.79 Å². The molecule has 0 spiro atoms. The maximum atomic E-state index is 13.5. The van der Waals surface area contributed by atoms with Gasteiger partial charge in [-0.3, -0.25) is 9.69 Å². The van der Waals surface area contributed by atoms with Gasteiger partial charge in [0.05, 0.1) is 6.04 Å². The van der Waals surface area contributed by atoms with Crippen LogP contribution in [0, 0.1) is 5.82 Å². The fourth-order valence-corrected chi connectivity index (χ4v) is 3.90. The van der Waals surface area contributed by atoms with E-state index in [9.17, 15) is 9.18 Å². The number of anilines is 2. The second-order valence-corrected chi connectivity index (χ2v) is 6.84. The molecule has 0 radical (unpaired) electrons. The van der Waals surface area contributed by atoms with Gasteiger partial charge in [-0.1, -0.05) is 12.1 Å². The highest BCUT2D eigenvalue weighted by Gasteiger charge is 2.35. The van der Waals surface area contributed by atoms with Crippen molar-refractivity contribution in [3.05, 3.63) is 54.5 Å². The molecule has 3 heterocycles. The molecule has 5 nitrogen and oxygen atoms in total. The van der Waals surface area contributed by atoms with Gasteiger partial charge in [-0.25, -0.2) is 9.37 Å². The molecule has 2 aliphatic heterocycles. The minimum Gasteiger partial charge on any atom is -0.354 e. The normalized spacial score (nSPS) is 21.9. The molecule has 1 aromatic heterocycles. The molecule has 6 heteroatoms. The molecule has 4 rings (SSSR count). The zero-order chi connectivity index (χ0) is 17.9. The first-order chi connectivity index (χ1) is 12.7. The number of nitrogens with zero attached hydrogens (tertiary/aromatic N) is 4. The molecule has 2 aliphatic rings. The average Bonchev–Trinajstić information content (AvgIpc) is 2.69. The lowest BCUT2D eigenvalue weighted by Crippen LogP contribution is -2.58. The summed E-state index contributed by atoms with van der Waals surface area (Å²) in [5.74, 6) is 0.776. The predicted molar refractivity (Wildman–Crippen MR) is 99.8 cm³/mol. The Kier molecular flexibility index (Phi) is 4.84. The molecule has 1 aromatic carbocycles. The van der Waals surface area contributed by atoms with Crippen molar-refractivity contribution in [2.45, 2.75) is 18.9 Å². The number of benzene rings is 1. The molecule has 1 atom stereocenters. The number of amides is 1. The Balaban J connectivity index is 1.43. The van der Waals surface area contributed by atoms with Gasteiger partial charge in [-0.2, -0.15) is 0 Å². The highest BCUT2D eigenvalue weighted by molar-refractivity contribution is 5.97. The molecule has 0 aliphatic carbocycles. The van der Waals surface area contributed by atoms with Crippen LogP contribution >= 0.6 is 0 Å². The topological polar surface area (TPSA) is 39.7 Å². The van der Waals surface area contributed by atoms with Crippen molar-refractivity contribution in [2.24, 2.45) is 0 Å². The third-order valence-corrected chi connectivity index (χ3v) is 5.26. The van der Waals surface area contributed by atoms with Gasteiger partial charge in [0, 0.05) is 44.6 Å². The first-order valence-corrected chi connectivity index (χ1v) is 9.19. The van der Waals surface area contributed by atoms with Crippen LogP contribution in [0.3, 0.4) is 0 Å². The number of pyridine rings is 1. The zero-order valence-corrected chi connectivity index (χ0v) is 14.7. The summed E-state index contributed by atoms with van der Waals surface area (Å²) in [6.45, 7) is 4.06. The Labute approximate surface area is 153 Å². The number of hydrogen-bond donors (Lipinski definition) is 0. The number of hydrogen-bond acceptors (Lipinski definition) is 4. The molecule has 2 aromatic rings. The Morgan fingerprint density at radius 2 is 1.85 bits per heavy atom. The highest BCUT2D eigenvalue weighted by Crippen LogP contribution is 2.25. The maximum absolute atomic E-state index is 13.5. The van der Waals surface area contributed by atoms with E-state index in [1.807, 2.05) is 30.5 Å². The minimum atomic E-state index is -0.304. The number of halogens is 1. The van der Waals surface area contributed by atoms with Gasteiger partial charge in [0.1, 0.15) is 11.6 Å². The van der Waals surface area contributed by atoms with Crippen LogP contribution in [0.4, 0.5) is 15.9 Å². The summed E-state index contributed by atoms with van der Waals surface area (Å²) in [5, 5.41) is 0. The van der Waals surface area contributed by atoms with Crippen LogP contribution < -0.4 is 9.80 Å². The van der Waals surface area contributed by atoms with E-state index in [-0.39, 0.29) is 17.8 Å². The quantitative estimate of drug-likeness (QED) is 0.849. The van der Waals surface area contributed by atoms with E-state index in [0.717, 1.165) is 44.8 Å². The molecule has 136 valence electrons. The van der Waals surface area contributed by atoms with Crippen LogP contribution in [0.5, 0.6) is 0 Å². The SMILES string of the molecule is O=C1C(N2CCN(c3ccccn3)CC2)CCCN1c1cccc(F)c1. The van der Waals surface area contributed by atoms with Crippen LogP contribution in [0.1, 0.15) is 12.8 Å². The smallest absolute Gasteiger partial charge is 0.244 e. The van der Waals surface area contributed by atoms with Gasteiger partial charge in [0.15, 0.2) is 0 Å². The van der Waals surface area contributed by atoms with E-state index in [1.165, 1.54) is 12.1 Å². The van der Waals surface area contributed by atoms with Gasteiger partial charge in [0.25, 0.3) is 0 Å². The first-order valence-electron chi connectivity index (χ1n) is 9.19. The first kappa shape index (κ1) is 17.0. The predicted octanol–water partition coefficient (Wildman–Crippen LogP) is 2.54. The molecular weight excluding hydrogens is 331 g/mol. The van der Waals surface area contributed by atoms with Gasteiger partial charge in [-0.15, -0.1) is 0 Å². The van der Waals surface area contributed by atoms with Gasteiger partial charge in [0.2, 0.25) is 5.91 Å². The van der Waals surface area contributed by atoms with E-state index < -0.39 is 0 Å². The van der Waals surface area contributed by atoms with Crippen molar-refractivity contribution in [3.8, 4) is 0 Å². The molecule has 0 N–H and O–H groups in total. The Morgan fingerprint density at radius 3 is 2.58 bits per heavy atom. The lowest BCUT2D eigenvalue weighted by Gasteiger charge is -2.42. The lowest BCUT2D eigenvalue weighted by molar-refractivity contribution is -0.125. The van der Waals surface area contributed by atoms with Crippen molar-refractivity contribution in [1.82, 2.24) is 9.88 Å². The van der Waals surface area contributed by atoms with Crippen LogP contribution in [0.15, 0.2) is 48.7 Å². The molecule has 1 amide bonds. The number of rotatable bonds is 3. The van der Waals surface area contributed by atoms with Crippen LogP contribution in [0.2, 0.25) is 0 Å². The summed E-state index contributed by atoms with van der Waals surface area (Å²) >= 11 is 0. The standard InChI is InChI=1S/C20H23FN4O/c21-16-5-3-6-17(15-16)25-10-4-7-18(20(25)26)23-11-13-24(14-12-23)19-8-1-2-9-22-19/h1-3,5-6,8-9,15,18H,4,7,10-14H2. The van der Waals surface area contributed by atoms with Crippen molar-refractivity contribution >= 4 is 17.4 Å². The largest absolute Gasteiger partial charge is 0.354 e. The second-order valence-electron chi connectivity index (χ2n) is 6.84. The van der Waals surface area contributed by atoms with Gasteiger partial charge < -0.3 is 9.80 Å². The molecule has 26 heavy (non-hydrogen) atoms. The maximum Gasteiger partial charge on any atom is 0.244 e.